The molecule has 1 aliphatic carbocycles. The highest BCUT2D eigenvalue weighted by atomic mass is 16.3. The zero-order valence-electron chi connectivity index (χ0n) is 9.19. The number of nitrogens with zero attached hydrogens (tertiary/aromatic N) is 4. The summed E-state index contributed by atoms with van der Waals surface area (Å²) >= 11 is 0. The molecule has 0 aromatic carbocycles. The van der Waals surface area contributed by atoms with Crippen LogP contribution in [0.2, 0.25) is 0 Å². The number of fused-ring (bicyclic) bond motifs is 1. The number of imidazole rings is 1. The van der Waals surface area contributed by atoms with E-state index in [9.17, 15) is 0 Å². The highest BCUT2D eigenvalue weighted by molar-refractivity contribution is 5.70. The summed E-state index contributed by atoms with van der Waals surface area (Å²) in [5.41, 5.74) is 7.06. The molecule has 2 heterocycles. The molecule has 0 saturated heterocycles. The third-order valence-corrected chi connectivity index (χ3v) is 3.08. The number of nitrogen functional groups attached to an aromatic ring is 1. The number of hydrogen-bond acceptors (Lipinski definition) is 5. The van der Waals surface area contributed by atoms with Crippen molar-refractivity contribution in [2.45, 2.75) is 12.5 Å². The monoisotopic (exact) mass is 231 g/mol. The van der Waals surface area contributed by atoms with Gasteiger partial charge in [0.05, 0.1) is 18.6 Å². The SMILES string of the molecule is Nc1ncc2ncn(C3C=C[C@@H](CO)C3)c2n1. The fraction of sp³-hybridized carbons (Fsp3) is 0.364. The van der Waals surface area contributed by atoms with Crippen molar-refractivity contribution in [1.82, 2.24) is 19.5 Å². The number of aliphatic hydroxyl groups excluding tert-OH is 1. The van der Waals surface area contributed by atoms with Crippen molar-refractivity contribution in [2.24, 2.45) is 5.92 Å². The van der Waals surface area contributed by atoms with E-state index in [-0.39, 0.29) is 24.5 Å². The molecule has 17 heavy (non-hydrogen) atoms. The zero-order valence-corrected chi connectivity index (χ0v) is 9.19. The fourth-order valence-corrected chi connectivity index (χ4v) is 2.18. The van der Waals surface area contributed by atoms with Crippen LogP contribution in [0.25, 0.3) is 11.2 Å². The van der Waals surface area contributed by atoms with Gasteiger partial charge in [-0.2, -0.15) is 4.98 Å². The number of aromatic nitrogens is 4. The summed E-state index contributed by atoms with van der Waals surface area (Å²) in [4.78, 5) is 12.4. The molecule has 2 aromatic heterocycles. The van der Waals surface area contributed by atoms with Crippen molar-refractivity contribution < 1.29 is 5.11 Å². The Morgan fingerprint density at radius 1 is 1.41 bits per heavy atom. The van der Waals surface area contributed by atoms with Crippen LogP contribution in [0.3, 0.4) is 0 Å². The molecule has 0 saturated carbocycles. The summed E-state index contributed by atoms with van der Waals surface area (Å²) in [6, 6.07) is 0.187. The molecule has 3 N–H and O–H groups in total. The number of rotatable bonds is 2. The molecule has 0 bridgehead atoms. The van der Waals surface area contributed by atoms with Gasteiger partial charge >= 0.3 is 0 Å². The second-order valence-electron chi connectivity index (χ2n) is 4.22. The van der Waals surface area contributed by atoms with E-state index in [0.717, 1.165) is 17.6 Å². The predicted octanol–water partition coefficient (Wildman–Crippen LogP) is 0.518. The Morgan fingerprint density at radius 3 is 3.06 bits per heavy atom. The van der Waals surface area contributed by atoms with E-state index in [2.05, 4.69) is 21.0 Å². The Morgan fingerprint density at radius 2 is 2.29 bits per heavy atom. The zero-order chi connectivity index (χ0) is 11.8. The number of anilines is 1. The minimum absolute atomic E-state index is 0.177. The Balaban J connectivity index is 2.01. The molecule has 0 amide bonds. The highest BCUT2D eigenvalue weighted by Gasteiger charge is 2.21. The third-order valence-electron chi connectivity index (χ3n) is 3.08. The van der Waals surface area contributed by atoms with Crippen LogP contribution in [0.4, 0.5) is 5.95 Å². The maximum absolute atomic E-state index is 9.12. The molecule has 2 aromatic rings. The minimum atomic E-state index is 0.177. The molecule has 6 nitrogen and oxygen atoms in total. The van der Waals surface area contributed by atoms with Gasteiger partial charge in [0.2, 0.25) is 5.95 Å². The smallest absolute Gasteiger partial charge is 0.222 e. The second kappa shape index (κ2) is 3.81. The van der Waals surface area contributed by atoms with Crippen molar-refractivity contribution in [2.75, 3.05) is 12.3 Å². The summed E-state index contributed by atoms with van der Waals surface area (Å²) < 4.78 is 1.97. The van der Waals surface area contributed by atoms with Crippen molar-refractivity contribution >= 4 is 17.1 Å². The first-order valence-electron chi connectivity index (χ1n) is 5.52. The van der Waals surface area contributed by atoms with E-state index in [0.29, 0.717) is 0 Å². The van der Waals surface area contributed by atoms with E-state index < -0.39 is 0 Å². The van der Waals surface area contributed by atoms with Crippen molar-refractivity contribution in [3.05, 3.63) is 24.7 Å². The minimum Gasteiger partial charge on any atom is -0.396 e. The lowest BCUT2D eigenvalue weighted by Crippen LogP contribution is -2.08. The predicted molar refractivity (Wildman–Crippen MR) is 63.1 cm³/mol. The van der Waals surface area contributed by atoms with Crippen LogP contribution >= 0.6 is 0 Å². The van der Waals surface area contributed by atoms with Crippen LogP contribution in [0.1, 0.15) is 12.5 Å². The molecule has 0 radical (unpaired) electrons. The Kier molecular flexibility index (Phi) is 2.29. The summed E-state index contributed by atoms with van der Waals surface area (Å²) in [5.74, 6) is 0.469. The summed E-state index contributed by atoms with van der Waals surface area (Å²) in [6.07, 6.45) is 8.33. The Bertz CT molecular complexity index is 576. The molecule has 0 aliphatic heterocycles. The van der Waals surface area contributed by atoms with Crippen LogP contribution in [0.15, 0.2) is 24.7 Å². The quantitative estimate of drug-likeness (QED) is 0.735. The van der Waals surface area contributed by atoms with Crippen molar-refractivity contribution in [1.29, 1.82) is 0 Å². The molecule has 0 spiro atoms. The number of hydrogen-bond donors (Lipinski definition) is 2. The van der Waals surface area contributed by atoms with Crippen molar-refractivity contribution in [3.63, 3.8) is 0 Å². The normalized spacial score (nSPS) is 23.6. The first kappa shape index (κ1) is 10.2. The lowest BCUT2D eigenvalue weighted by atomic mass is 10.1. The van der Waals surface area contributed by atoms with Gasteiger partial charge in [0.25, 0.3) is 0 Å². The maximum atomic E-state index is 9.12. The largest absolute Gasteiger partial charge is 0.396 e. The molecule has 6 heteroatoms. The van der Waals surface area contributed by atoms with Crippen LogP contribution < -0.4 is 5.73 Å². The topological polar surface area (TPSA) is 89.8 Å². The highest BCUT2D eigenvalue weighted by Crippen LogP contribution is 2.29. The lowest BCUT2D eigenvalue weighted by Gasteiger charge is -2.12. The van der Waals surface area contributed by atoms with E-state index in [4.69, 9.17) is 10.8 Å². The van der Waals surface area contributed by atoms with Gasteiger partial charge in [-0.25, -0.2) is 9.97 Å². The molecule has 2 atom stereocenters. The third kappa shape index (κ3) is 1.66. The van der Waals surface area contributed by atoms with Gasteiger partial charge in [-0.05, 0) is 6.42 Å². The number of nitrogens with two attached hydrogens (primary N) is 1. The first-order valence-corrected chi connectivity index (χ1v) is 5.52. The molecular formula is C11H13N5O. The van der Waals surface area contributed by atoms with E-state index in [1.165, 1.54) is 0 Å². The maximum Gasteiger partial charge on any atom is 0.222 e. The molecule has 3 rings (SSSR count). The van der Waals surface area contributed by atoms with Crippen LogP contribution in [-0.4, -0.2) is 31.2 Å². The molecule has 1 unspecified atom stereocenters. The van der Waals surface area contributed by atoms with E-state index in [1.807, 2.05) is 10.6 Å². The van der Waals surface area contributed by atoms with Crippen LogP contribution in [-0.2, 0) is 0 Å². The standard InChI is InChI=1S/C11H13N5O/c12-11-13-4-9-10(15-11)16(6-14-9)8-2-1-7(3-8)5-17/h1-2,4,6-8,17H,3,5H2,(H2,12,13,15)/t7-,8?/m1/s1. The average Bonchev–Trinajstić information content (AvgIpc) is 2.93. The Labute approximate surface area is 97.8 Å². The summed E-state index contributed by atoms with van der Waals surface area (Å²) in [6.45, 7) is 0.177. The number of allylic oxidation sites excluding steroid dienone is 1. The average molecular weight is 231 g/mol. The fourth-order valence-electron chi connectivity index (χ4n) is 2.18. The van der Waals surface area contributed by atoms with Crippen LogP contribution in [0, 0.1) is 5.92 Å². The van der Waals surface area contributed by atoms with Gasteiger partial charge in [-0.3, -0.25) is 0 Å². The lowest BCUT2D eigenvalue weighted by molar-refractivity contribution is 0.244. The summed E-state index contributed by atoms with van der Waals surface area (Å²) in [5, 5.41) is 9.12. The molecule has 1 aliphatic rings. The number of aliphatic hydroxyl groups is 1. The van der Waals surface area contributed by atoms with Gasteiger partial charge in [-0.15, -0.1) is 0 Å². The van der Waals surface area contributed by atoms with E-state index >= 15 is 0 Å². The summed E-state index contributed by atoms with van der Waals surface area (Å²) in [7, 11) is 0. The molecular weight excluding hydrogens is 218 g/mol. The molecule has 88 valence electrons. The first-order chi connectivity index (χ1) is 8.28. The van der Waals surface area contributed by atoms with Gasteiger partial charge in [0.15, 0.2) is 5.65 Å². The van der Waals surface area contributed by atoms with Gasteiger partial charge in [-0.1, -0.05) is 12.2 Å². The van der Waals surface area contributed by atoms with Crippen molar-refractivity contribution in [3.8, 4) is 0 Å². The molecule has 0 fully saturated rings. The Hall–Kier alpha value is -1.95. The second-order valence-corrected chi connectivity index (χ2v) is 4.22. The van der Waals surface area contributed by atoms with Gasteiger partial charge in [0, 0.05) is 12.5 Å². The van der Waals surface area contributed by atoms with E-state index in [1.54, 1.807) is 12.5 Å². The van der Waals surface area contributed by atoms with Gasteiger partial charge in [0.1, 0.15) is 5.52 Å². The van der Waals surface area contributed by atoms with Crippen LogP contribution in [0.5, 0.6) is 0 Å². The van der Waals surface area contributed by atoms with Gasteiger partial charge < -0.3 is 15.4 Å².